The van der Waals surface area contributed by atoms with Crippen LogP contribution in [0, 0.1) is 0 Å². The number of carbonyl (C=O) groups excluding carboxylic acids is 1. The third-order valence-corrected chi connectivity index (χ3v) is 6.09. The van der Waals surface area contributed by atoms with Crippen LogP contribution in [0.15, 0.2) is 71.6 Å². The van der Waals surface area contributed by atoms with Crippen molar-refractivity contribution in [3.8, 4) is 11.5 Å². The summed E-state index contributed by atoms with van der Waals surface area (Å²) in [6.45, 7) is 0. The summed E-state index contributed by atoms with van der Waals surface area (Å²) in [7, 11) is 3.27. The number of nitrogens with zero attached hydrogens (tertiary/aromatic N) is 1. The molecule has 4 rings (SSSR count). The molecule has 1 amide bonds. The highest BCUT2D eigenvalue weighted by Gasteiger charge is 2.11. The van der Waals surface area contributed by atoms with Crippen LogP contribution in [0.3, 0.4) is 0 Å². The Morgan fingerprint density at radius 3 is 2.33 bits per heavy atom. The maximum Gasteiger partial charge on any atom is 0.257 e. The summed E-state index contributed by atoms with van der Waals surface area (Å²) >= 11 is 2.89. The molecule has 0 saturated heterocycles. The van der Waals surface area contributed by atoms with Gasteiger partial charge in [0.15, 0.2) is 5.13 Å². The molecule has 0 bridgehead atoms. The highest BCUT2D eigenvalue weighted by Crippen LogP contribution is 2.29. The van der Waals surface area contributed by atoms with Crippen LogP contribution in [-0.2, 0) is 0 Å². The molecule has 8 heteroatoms. The number of anilines is 2. The Morgan fingerprint density at radius 1 is 0.933 bits per heavy atom. The molecule has 0 saturated carbocycles. The van der Waals surface area contributed by atoms with Crippen LogP contribution in [0.4, 0.5) is 10.8 Å². The van der Waals surface area contributed by atoms with E-state index in [2.05, 4.69) is 15.0 Å². The number of hydrogen-bond donors (Lipinski definition) is 2. The molecule has 0 aliphatic rings. The molecule has 0 radical (unpaired) electrons. The van der Waals surface area contributed by atoms with Crippen molar-refractivity contribution in [2.75, 3.05) is 24.3 Å². The van der Waals surface area contributed by atoms with E-state index in [-0.39, 0.29) is 5.91 Å². The van der Waals surface area contributed by atoms with E-state index in [0.717, 1.165) is 32.3 Å². The number of nitrogens with one attached hydrogen (secondary N) is 2. The van der Waals surface area contributed by atoms with E-state index < -0.39 is 0 Å². The molecule has 0 atom stereocenters. The van der Waals surface area contributed by atoms with Crippen molar-refractivity contribution in [1.82, 2.24) is 4.98 Å². The number of benzene rings is 3. The normalized spacial score (nSPS) is 10.6. The molecule has 152 valence electrons. The minimum absolute atomic E-state index is 0.194. The summed E-state index contributed by atoms with van der Waals surface area (Å²) in [5.41, 5.74) is 2.36. The molecule has 0 aliphatic heterocycles. The molecule has 0 fully saturated rings. The molecule has 0 aliphatic carbocycles. The first kappa shape index (κ1) is 20.1. The number of hydrogen-bond acceptors (Lipinski definition) is 7. The SMILES string of the molecule is COc1ccc(NSc2ccc(C(=O)Nc3nc4ccc(OC)cc4s3)cc2)cc1. The fourth-order valence-electron chi connectivity index (χ4n) is 2.71. The largest absolute Gasteiger partial charge is 0.497 e. The Balaban J connectivity index is 1.37. The maximum absolute atomic E-state index is 12.6. The van der Waals surface area contributed by atoms with E-state index in [9.17, 15) is 4.79 Å². The predicted molar refractivity (Wildman–Crippen MR) is 123 cm³/mol. The Labute approximate surface area is 182 Å². The summed E-state index contributed by atoms with van der Waals surface area (Å²) in [6.07, 6.45) is 0. The van der Waals surface area contributed by atoms with Crippen molar-refractivity contribution in [3.05, 3.63) is 72.3 Å². The maximum atomic E-state index is 12.6. The van der Waals surface area contributed by atoms with Crippen LogP contribution in [0.25, 0.3) is 10.2 Å². The van der Waals surface area contributed by atoms with Crippen molar-refractivity contribution in [2.45, 2.75) is 4.90 Å². The first-order valence-corrected chi connectivity index (χ1v) is 10.7. The van der Waals surface area contributed by atoms with Crippen LogP contribution in [0.2, 0.25) is 0 Å². The van der Waals surface area contributed by atoms with Gasteiger partial charge in [-0.3, -0.25) is 10.1 Å². The van der Waals surface area contributed by atoms with E-state index in [1.165, 1.54) is 23.3 Å². The average molecular weight is 438 g/mol. The fraction of sp³-hybridized carbons (Fsp3) is 0.0909. The van der Waals surface area contributed by atoms with Gasteiger partial charge in [-0.25, -0.2) is 4.98 Å². The Kier molecular flexibility index (Phi) is 6.06. The Morgan fingerprint density at radius 2 is 1.63 bits per heavy atom. The van der Waals surface area contributed by atoms with Gasteiger partial charge < -0.3 is 14.2 Å². The summed E-state index contributed by atoms with van der Waals surface area (Å²) in [5, 5.41) is 3.42. The average Bonchev–Trinajstić information content (AvgIpc) is 3.19. The van der Waals surface area contributed by atoms with Crippen molar-refractivity contribution >= 4 is 50.2 Å². The first-order valence-electron chi connectivity index (χ1n) is 9.07. The van der Waals surface area contributed by atoms with Crippen LogP contribution in [-0.4, -0.2) is 25.1 Å². The predicted octanol–water partition coefficient (Wildman–Crippen LogP) is 5.69. The van der Waals surface area contributed by atoms with Gasteiger partial charge in [0.2, 0.25) is 0 Å². The van der Waals surface area contributed by atoms with Crippen molar-refractivity contribution in [1.29, 1.82) is 0 Å². The van der Waals surface area contributed by atoms with E-state index in [4.69, 9.17) is 9.47 Å². The minimum atomic E-state index is -0.194. The molecular formula is C22H19N3O3S2. The van der Waals surface area contributed by atoms with E-state index >= 15 is 0 Å². The van der Waals surface area contributed by atoms with E-state index in [1.54, 1.807) is 26.4 Å². The zero-order valence-corrected chi connectivity index (χ0v) is 18.0. The molecule has 3 aromatic carbocycles. The number of ether oxygens (including phenoxy) is 2. The topological polar surface area (TPSA) is 72.5 Å². The molecule has 2 N–H and O–H groups in total. The zero-order valence-electron chi connectivity index (χ0n) is 16.3. The summed E-state index contributed by atoms with van der Waals surface area (Å²) in [4.78, 5) is 18.0. The van der Waals surface area contributed by atoms with Crippen LogP contribution >= 0.6 is 23.3 Å². The molecule has 4 aromatic rings. The second kappa shape index (κ2) is 9.06. The molecule has 6 nitrogen and oxygen atoms in total. The molecule has 0 unspecified atom stereocenters. The number of aromatic nitrogens is 1. The number of rotatable bonds is 7. The molecule has 0 spiro atoms. The lowest BCUT2D eigenvalue weighted by molar-refractivity contribution is 0.102. The minimum Gasteiger partial charge on any atom is -0.497 e. The zero-order chi connectivity index (χ0) is 20.9. The molecule has 30 heavy (non-hydrogen) atoms. The van der Waals surface area contributed by atoms with Crippen LogP contribution in [0.1, 0.15) is 10.4 Å². The Bertz CT molecular complexity index is 1160. The quantitative estimate of drug-likeness (QED) is 0.362. The third-order valence-electron chi connectivity index (χ3n) is 4.31. The standard InChI is InChI=1S/C22H19N3O3S2/c1-27-16-7-5-15(6-8-16)25-30-18-10-3-14(4-11-18)21(26)24-22-23-19-12-9-17(28-2)13-20(19)29-22/h3-13,25H,1-2H3,(H,23,24,26). The Hall–Kier alpha value is -3.23. The third kappa shape index (κ3) is 4.67. The smallest absolute Gasteiger partial charge is 0.257 e. The van der Waals surface area contributed by atoms with Crippen molar-refractivity contribution in [3.63, 3.8) is 0 Å². The van der Waals surface area contributed by atoms with Gasteiger partial charge in [-0.15, -0.1) is 0 Å². The molecular weight excluding hydrogens is 418 g/mol. The molecule has 1 heterocycles. The van der Waals surface area contributed by atoms with Gasteiger partial charge in [0.25, 0.3) is 5.91 Å². The lowest BCUT2D eigenvalue weighted by Crippen LogP contribution is -2.11. The van der Waals surface area contributed by atoms with Gasteiger partial charge in [-0.2, -0.15) is 0 Å². The van der Waals surface area contributed by atoms with Gasteiger partial charge in [0.05, 0.1) is 24.4 Å². The van der Waals surface area contributed by atoms with Gasteiger partial charge in [0.1, 0.15) is 11.5 Å². The number of methoxy groups -OCH3 is 2. The lowest BCUT2D eigenvalue weighted by atomic mass is 10.2. The van der Waals surface area contributed by atoms with Crippen LogP contribution < -0.4 is 19.5 Å². The van der Waals surface area contributed by atoms with Gasteiger partial charge >= 0.3 is 0 Å². The number of thiazole rings is 1. The second-order valence-electron chi connectivity index (χ2n) is 6.26. The first-order chi connectivity index (χ1) is 14.6. The van der Waals surface area contributed by atoms with Gasteiger partial charge in [-0.05, 0) is 78.7 Å². The van der Waals surface area contributed by atoms with E-state index in [0.29, 0.717) is 10.7 Å². The second-order valence-corrected chi connectivity index (χ2v) is 8.17. The summed E-state index contributed by atoms with van der Waals surface area (Å²) < 4.78 is 14.6. The fourth-order valence-corrected chi connectivity index (χ4v) is 4.24. The monoisotopic (exact) mass is 437 g/mol. The summed E-state index contributed by atoms with van der Waals surface area (Å²) in [5.74, 6) is 1.38. The highest BCUT2D eigenvalue weighted by atomic mass is 32.2. The van der Waals surface area contributed by atoms with Gasteiger partial charge in [0, 0.05) is 16.1 Å². The number of amides is 1. The lowest BCUT2D eigenvalue weighted by Gasteiger charge is -2.07. The highest BCUT2D eigenvalue weighted by molar-refractivity contribution is 8.00. The van der Waals surface area contributed by atoms with Gasteiger partial charge in [-0.1, -0.05) is 11.3 Å². The molecule has 1 aromatic heterocycles. The van der Waals surface area contributed by atoms with Crippen molar-refractivity contribution < 1.29 is 14.3 Å². The van der Waals surface area contributed by atoms with Crippen LogP contribution in [0.5, 0.6) is 11.5 Å². The summed E-state index contributed by atoms with van der Waals surface area (Å²) in [6, 6.07) is 20.7. The van der Waals surface area contributed by atoms with Crippen molar-refractivity contribution in [2.24, 2.45) is 0 Å². The number of fused-ring (bicyclic) bond motifs is 1. The van der Waals surface area contributed by atoms with E-state index in [1.807, 2.05) is 54.6 Å². The number of carbonyl (C=O) groups is 1.